The number of benzene rings is 1. The molecule has 0 aliphatic rings. The number of hydrogen-bond donors (Lipinski definition) is 1. The molecule has 1 N–H and O–H groups in total. The number of aryl methyl sites for hydroxylation is 1. The van der Waals surface area contributed by atoms with Gasteiger partial charge in [0, 0.05) is 19.3 Å². The summed E-state index contributed by atoms with van der Waals surface area (Å²) in [7, 11) is 2.94. The average Bonchev–Trinajstić information content (AvgIpc) is 2.55. The fraction of sp³-hybridized carbons (Fsp3) is 0.250. The van der Waals surface area contributed by atoms with Crippen LogP contribution < -0.4 is 20.3 Å². The third kappa shape index (κ3) is 4.32. The third-order valence-corrected chi connectivity index (χ3v) is 3.12. The summed E-state index contributed by atoms with van der Waals surface area (Å²) in [4.78, 5) is 23.7. The molecule has 1 aromatic heterocycles. The van der Waals surface area contributed by atoms with E-state index in [1.54, 1.807) is 7.05 Å². The van der Waals surface area contributed by atoms with E-state index >= 15 is 0 Å². The zero-order valence-electron chi connectivity index (χ0n) is 12.8. The van der Waals surface area contributed by atoms with Crippen molar-refractivity contribution in [2.24, 2.45) is 7.05 Å². The first-order valence-electron chi connectivity index (χ1n) is 6.92. The van der Waals surface area contributed by atoms with Gasteiger partial charge in [0.2, 0.25) is 0 Å². The van der Waals surface area contributed by atoms with Crippen molar-refractivity contribution in [1.82, 2.24) is 9.88 Å². The van der Waals surface area contributed by atoms with Crippen molar-refractivity contribution in [2.75, 3.05) is 20.3 Å². The minimum Gasteiger partial charge on any atom is -0.496 e. The van der Waals surface area contributed by atoms with E-state index in [4.69, 9.17) is 9.47 Å². The number of methoxy groups -OCH3 is 1. The number of carbonyl (C=O) groups excluding carboxylic acids is 1. The molecule has 0 fully saturated rings. The van der Waals surface area contributed by atoms with Crippen LogP contribution in [0.2, 0.25) is 0 Å². The molecule has 0 saturated heterocycles. The predicted octanol–water partition coefficient (Wildman–Crippen LogP) is 1.34. The highest BCUT2D eigenvalue weighted by atomic mass is 19.1. The van der Waals surface area contributed by atoms with E-state index in [9.17, 15) is 14.0 Å². The Morgan fingerprint density at radius 1 is 1.30 bits per heavy atom. The van der Waals surface area contributed by atoms with Gasteiger partial charge in [0.25, 0.3) is 11.5 Å². The molecule has 2 rings (SSSR count). The van der Waals surface area contributed by atoms with Gasteiger partial charge < -0.3 is 19.4 Å². The Bertz CT molecular complexity index is 741. The lowest BCUT2D eigenvalue weighted by molar-refractivity contribution is 0.0943. The van der Waals surface area contributed by atoms with Crippen molar-refractivity contribution in [2.45, 2.75) is 0 Å². The van der Waals surface area contributed by atoms with Crippen LogP contribution in [0.1, 0.15) is 10.4 Å². The highest BCUT2D eigenvalue weighted by molar-refractivity contribution is 5.96. The summed E-state index contributed by atoms with van der Waals surface area (Å²) in [6, 6.07) is 6.86. The quantitative estimate of drug-likeness (QED) is 0.816. The van der Waals surface area contributed by atoms with Crippen molar-refractivity contribution in [3.05, 3.63) is 58.3 Å². The fourth-order valence-corrected chi connectivity index (χ4v) is 1.91. The first-order valence-corrected chi connectivity index (χ1v) is 6.92. The number of nitrogens with zero attached hydrogens (tertiary/aromatic N) is 1. The van der Waals surface area contributed by atoms with Crippen LogP contribution in [-0.2, 0) is 7.05 Å². The zero-order chi connectivity index (χ0) is 16.8. The molecule has 0 radical (unpaired) electrons. The molecule has 1 heterocycles. The van der Waals surface area contributed by atoms with E-state index in [1.165, 1.54) is 48.2 Å². The number of amides is 1. The molecule has 6 nitrogen and oxygen atoms in total. The van der Waals surface area contributed by atoms with Crippen LogP contribution in [0.4, 0.5) is 4.39 Å². The minimum atomic E-state index is -0.375. The van der Waals surface area contributed by atoms with Gasteiger partial charge in [0.05, 0.1) is 19.2 Å². The molecule has 0 unspecified atom stereocenters. The zero-order valence-corrected chi connectivity index (χ0v) is 12.8. The smallest absolute Gasteiger partial charge is 0.256 e. The number of nitrogens with one attached hydrogen (secondary N) is 1. The van der Waals surface area contributed by atoms with Crippen LogP contribution in [0.3, 0.4) is 0 Å². The number of ether oxygens (including phenoxy) is 2. The monoisotopic (exact) mass is 320 g/mol. The Labute approximate surface area is 132 Å². The van der Waals surface area contributed by atoms with Crippen molar-refractivity contribution in [3.8, 4) is 11.5 Å². The topological polar surface area (TPSA) is 69.6 Å². The van der Waals surface area contributed by atoms with E-state index < -0.39 is 0 Å². The van der Waals surface area contributed by atoms with Crippen molar-refractivity contribution in [3.63, 3.8) is 0 Å². The van der Waals surface area contributed by atoms with E-state index in [1.807, 2.05) is 0 Å². The van der Waals surface area contributed by atoms with E-state index in [0.717, 1.165) is 0 Å². The highest BCUT2D eigenvalue weighted by Crippen LogP contribution is 2.14. The molecule has 0 aliphatic heterocycles. The van der Waals surface area contributed by atoms with Crippen molar-refractivity contribution in [1.29, 1.82) is 0 Å². The first kappa shape index (κ1) is 16.5. The largest absolute Gasteiger partial charge is 0.496 e. The predicted molar refractivity (Wildman–Crippen MR) is 82.5 cm³/mol. The molecule has 1 amide bonds. The minimum absolute atomic E-state index is 0.213. The molecule has 1 aromatic carbocycles. The van der Waals surface area contributed by atoms with E-state index in [0.29, 0.717) is 5.75 Å². The van der Waals surface area contributed by atoms with Crippen molar-refractivity contribution < 1.29 is 18.7 Å². The summed E-state index contributed by atoms with van der Waals surface area (Å²) in [5, 5.41) is 2.67. The molecule has 0 saturated carbocycles. The molecule has 7 heteroatoms. The first-order chi connectivity index (χ1) is 11.0. The number of hydrogen-bond acceptors (Lipinski definition) is 4. The van der Waals surface area contributed by atoms with Crippen LogP contribution in [0.5, 0.6) is 11.5 Å². The van der Waals surface area contributed by atoms with Crippen LogP contribution in [0.25, 0.3) is 0 Å². The van der Waals surface area contributed by atoms with Gasteiger partial charge in [-0.15, -0.1) is 0 Å². The van der Waals surface area contributed by atoms with E-state index in [-0.39, 0.29) is 41.7 Å². The van der Waals surface area contributed by atoms with Crippen molar-refractivity contribution >= 4 is 5.91 Å². The van der Waals surface area contributed by atoms with Gasteiger partial charge in [-0.2, -0.15) is 0 Å². The van der Waals surface area contributed by atoms with Gasteiger partial charge in [-0.3, -0.25) is 9.59 Å². The number of pyridine rings is 1. The van der Waals surface area contributed by atoms with Gasteiger partial charge in [-0.05, 0) is 24.3 Å². The SMILES string of the molecule is COc1cc(=O)n(C)cc1C(=O)NCCOc1ccc(F)cc1. The lowest BCUT2D eigenvalue weighted by Gasteiger charge is -2.11. The second-order valence-corrected chi connectivity index (χ2v) is 4.76. The standard InChI is InChI=1S/C16H17FN2O4/c1-19-10-13(14(22-2)9-15(19)20)16(21)18-7-8-23-12-5-3-11(17)4-6-12/h3-6,9-10H,7-8H2,1-2H3,(H,18,21). The molecule has 2 aromatic rings. The molecular formula is C16H17FN2O4. The normalized spacial score (nSPS) is 10.2. The number of aromatic nitrogens is 1. The van der Waals surface area contributed by atoms with Crippen LogP contribution in [0, 0.1) is 5.82 Å². The summed E-state index contributed by atoms with van der Waals surface area (Å²) >= 11 is 0. The summed E-state index contributed by atoms with van der Waals surface area (Å²) < 4.78 is 24.5. The van der Waals surface area contributed by atoms with Crippen LogP contribution in [-0.4, -0.2) is 30.7 Å². The maximum absolute atomic E-state index is 12.8. The van der Waals surface area contributed by atoms with Gasteiger partial charge in [-0.1, -0.05) is 0 Å². The number of carbonyl (C=O) groups is 1. The molecule has 0 aliphatic carbocycles. The lowest BCUT2D eigenvalue weighted by atomic mass is 10.2. The Balaban J connectivity index is 1.91. The van der Waals surface area contributed by atoms with Gasteiger partial charge in [0.1, 0.15) is 23.9 Å². The van der Waals surface area contributed by atoms with Gasteiger partial charge in [0.15, 0.2) is 0 Å². The second-order valence-electron chi connectivity index (χ2n) is 4.76. The summed E-state index contributed by atoms with van der Waals surface area (Å²) in [6.07, 6.45) is 1.41. The molecule has 23 heavy (non-hydrogen) atoms. The summed E-state index contributed by atoms with van der Waals surface area (Å²) in [6.45, 7) is 0.480. The van der Waals surface area contributed by atoms with Crippen LogP contribution in [0.15, 0.2) is 41.3 Å². The van der Waals surface area contributed by atoms with Crippen LogP contribution >= 0.6 is 0 Å². The summed E-state index contributed by atoms with van der Waals surface area (Å²) in [5.41, 5.74) is -0.00516. The maximum atomic E-state index is 12.8. The maximum Gasteiger partial charge on any atom is 0.256 e. The fourth-order valence-electron chi connectivity index (χ4n) is 1.91. The summed E-state index contributed by atoms with van der Waals surface area (Å²) in [5.74, 6) is 0.0120. The molecule has 0 bridgehead atoms. The molecule has 0 atom stereocenters. The lowest BCUT2D eigenvalue weighted by Crippen LogP contribution is -2.30. The molecule has 122 valence electrons. The Morgan fingerprint density at radius 2 is 2.00 bits per heavy atom. The Morgan fingerprint density at radius 3 is 2.65 bits per heavy atom. The average molecular weight is 320 g/mol. The Kier molecular flexibility index (Phi) is 5.35. The molecular weight excluding hydrogens is 303 g/mol. The van der Waals surface area contributed by atoms with Gasteiger partial charge in [-0.25, -0.2) is 4.39 Å². The molecule has 0 spiro atoms. The van der Waals surface area contributed by atoms with E-state index in [2.05, 4.69) is 5.32 Å². The highest BCUT2D eigenvalue weighted by Gasteiger charge is 2.13. The number of halogens is 1. The Hall–Kier alpha value is -2.83. The van der Waals surface area contributed by atoms with Gasteiger partial charge >= 0.3 is 0 Å². The number of rotatable bonds is 6. The second kappa shape index (κ2) is 7.44. The third-order valence-electron chi connectivity index (χ3n) is 3.12.